The molecule has 1 amide bonds. The molecule has 3 rings (SSSR count). The van der Waals surface area contributed by atoms with E-state index in [1.54, 1.807) is 6.07 Å². The molecule has 2 aromatic carbocycles. The molecule has 1 aromatic heterocycles. The quantitative estimate of drug-likeness (QED) is 0.667. The van der Waals surface area contributed by atoms with E-state index in [4.69, 9.17) is 4.42 Å². The fourth-order valence-corrected chi connectivity index (χ4v) is 2.68. The molecule has 6 heteroatoms. The van der Waals surface area contributed by atoms with Crippen LogP contribution in [-0.2, 0) is 4.79 Å². The first kappa shape index (κ1) is 16.7. The highest BCUT2D eigenvalue weighted by molar-refractivity contribution is 9.10. The van der Waals surface area contributed by atoms with Crippen molar-refractivity contribution in [2.24, 2.45) is 0 Å². The first-order valence-electron chi connectivity index (χ1n) is 7.49. The molecule has 0 aliphatic rings. The minimum atomic E-state index is -0.483. The van der Waals surface area contributed by atoms with Crippen molar-refractivity contribution < 1.29 is 13.6 Å². The largest absolute Gasteiger partial charge is 0.459 e. The second-order valence-electron chi connectivity index (χ2n) is 5.46. The first-order chi connectivity index (χ1) is 11.5. The second-order valence-corrected chi connectivity index (χ2v) is 6.38. The van der Waals surface area contributed by atoms with Crippen LogP contribution in [0.25, 0.3) is 11.0 Å². The lowest BCUT2D eigenvalue weighted by Crippen LogP contribution is -2.30. The molecule has 0 bridgehead atoms. The van der Waals surface area contributed by atoms with Crippen LogP contribution < -0.4 is 10.6 Å². The Morgan fingerprint density at radius 2 is 2.04 bits per heavy atom. The number of hydrogen-bond acceptors (Lipinski definition) is 3. The normalized spacial score (nSPS) is 12.3. The molecule has 0 saturated heterocycles. The van der Waals surface area contributed by atoms with Crippen LogP contribution in [0.4, 0.5) is 10.1 Å². The average Bonchev–Trinajstić information content (AvgIpc) is 2.99. The Balaban J connectivity index is 1.59. The van der Waals surface area contributed by atoms with Gasteiger partial charge >= 0.3 is 0 Å². The Morgan fingerprint density at radius 1 is 1.25 bits per heavy atom. The van der Waals surface area contributed by atoms with Gasteiger partial charge in [0.1, 0.15) is 17.2 Å². The third-order valence-electron chi connectivity index (χ3n) is 3.65. The summed E-state index contributed by atoms with van der Waals surface area (Å²) in [7, 11) is 0. The lowest BCUT2D eigenvalue weighted by Gasteiger charge is -2.12. The number of hydrogen-bond donors (Lipinski definition) is 2. The maximum absolute atomic E-state index is 13.7. The number of carbonyl (C=O) groups is 1. The number of rotatable bonds is 5. The Labute approximate surface area is 147 Å². The minimum Gasteiger partial charge on any atom is -0.459 e. The number of amides is 1. The van der Waals surface area contributed by atoms with Crippen LogP contribution in [0.1, 0.15) is 18.7 Å². The fraction of sp³-hybridized carbons (Fsp3) is 0.167. The number of fused-ring (bicyclic) bond motifs is 1. The van der Waals surface area contributed by atoms with Gasteiger partial charge in [-0.2, -0.15) is 0 Å². The zero-order valence-corrected chi connectivity index (χ0v) is 14.6. The van der Waals surface area contributed by atoms with Gasteiger partial charge in [-0.1, -0.05) is 34.1 Å². The molecule has 3 aromatic rings. The predicted octanol–water partition coefficient (Wildman–Crippen LogP) is 4.62. The highest BCUT2D eigenvalue weighted by atomic mass is 79.9. The molecule has 24 heavy (non-hydrogen) atoms. The standard InChI is InChI=1S/C18H16BrFN2O2/c1-11(17-8-12-4-2-3-5-16(12)24-17)21-10-18(23)22-15-7-6-13(19)9-14(15)20/h2-9,11,21H,10H2,1H3,(H,22,23). The van der Waals surface area contributed by atoms with Crippen molar-refractivity contribution in [1.82, 2.24) is 5.32 Å². The van der Waals surface area contributed by atoms with E-state index in [0.29, 0.717) is 4.47 Å². The van der Waals surface area contributed by atoms with Crippen LogP contribution in [0.15, 0.2) is 57.4 Å². The van der Waals surface area contributed by atoms with Gasteiger partial charge in [0.2, 0.25) is 5.91 Å². The van der Waals surface area contributed by atoms with Gasteiger partial charge in [-0.05, 0) is 37.3 Å². The van der Waals surface area contributed by atoms with E-state index in [2.05, 4.69) is 26.6 Å². The summed E-state index contributed by atoms with van der Waals surface area (Å²) in [5, 5.41) is 6.63. The Morgan fingerprint density at radius 3 is 2.79 bits per heavy atom. The summed E-state index contributed by atoms with van der Waals surface area (Å²) in [5.74, 6) is -0.0546. The lowest BCUT2D eigenvalue weighted by atomic mass is 10.2. The van der Waals surface area contributed by atoms with E-state index < -0.39 is 5.82 Å². The van der Waals surface area contributed by atoms with Crippen molar-refractivity contribution in [2.45, 2.75) is 13.0 Å². The summed E-state index contributed by atoms with van der Waals surface area (Å²) in [6.07, 6.45) is 0. The molecule has 0 aliphatic carbocycles. The molecule has 2 N–H and O–H groups in total. The predicted molar refractivity (Wildman–Crippen MR) is 95.4 cm³/mol. The lowest BCUT2D eigenvalue weighted by molar-refractivity contribution is -0.115. The summed E-state index contributed by atoms with van der Waals surface area (Å²) in [4.78, 5) is 12.0. The van der Waals surface area contributed by atoms with E-state index in [0.717, 1.165) is 16.7 Å². The molecule has 0 aliphatic heterocycles. The summed E-state index contributed by atoms with van der Waals surface area (Å²) in [6, 6.07) is 14.0. The molecule has 0 radical (unpaired) electrons. The van der Waals surface area contributed by atoms with Crippen molar-refractivity contribution in [3.8, 4) is 0 Å². The molecule has 0 fully saturated rings. The monoisotopic (exact) mass is 390 g/mol. The van der Waals surface area contributed by atoms with Crippen molar-refractivity contribution >= 4 is 38.5 Å². The topological polar surface area (TPSA) is 54.3 Å². The maximum Gasteiger partial charge on any atom is 0.238 e. The SMILES string of the molecule is CC(NCC(=O)Nc1ccc(Br)cc1F)c1cc2ccccc2o1. The average molecular weight is 391 g/mol. The van der Waals surface area contributed by atoms with E-state index in [1.165, 1.54) is 12.1 Å². The van der Waals surface area contributed by atoms with Crippen molar-refractivity contribution in [1.29, 1.82) is 0 Å². The molecule has 124 valence electrons. The third kappa shape index (κ3) is 3.83. The molecule has 1 heterocycles. The van der Waals surface area contributed by atoms with Crippen molar-refractivity contribution in [3.63, 3.8) is 0 Å². The summed E-state index contributed by atoms with van der Waals surface area (Å²) in [6.45, 7) is 1.96. The molecule has 1 unspecified atom stereocenters. The van der Waals surface area contributed by atoms with Crippen LogP contribution in [0.3, 0.4) is 0 Å². The highest BCUT2D eigenvalue weighted by Gasteiger charge is 2.13. The number of para-hydroxylation sites is 1. The summed E-state index contributed by atoms with van der Waals surface area (Å²) in [5.41, 5.74) is 0.962. The number of furan rings is 1. The number of anilines is 1. The number of halogens is 2. The van der Waals surface area contributed by atoms with E-state index in [9.17, 15) is 9.18 Å². The molecule has 0 saturated carbocycles. The molecule has 4 nitrogen and oxygen atoms in total. The van der Waals surface area contributed by atoms with E-state index >= 15 is 0 Å². The van der Waals surface area contributed by atoms with Crippen LogP contribution in [0.5, 0.6) is 0 Å². The van der Waals surface area contributed by atoms with Crippen LogP contribution in [-0.4, -0.2) is 12.5 Å². The van der Waals surface area contributed by atoms with Gasteiger partial charge in [-0.15, -0.1) is 0 Å². The van der Waals surface area contributed by atoms with Gasteiger partial charge in [0.25, 0.3) is 0 Å². The van der Waals surface area contributed by atoms with E-state index in [-0.39, 0.29) is 24.2 Å². The van der Waals surface area contributed by atoms with Gasteiger partial charge in [0.15, 0.2) is 0 Å². The minimum absolute atomic E-state index is 0.0493. The third-order valence-corrected chi connectivity index (χ3v) is 4.14. The first-order valence-corrected chi connectivity index (χ1v) is 8.29. The van der Waals surface area contributed by atoms with Crippen molar-refractivity contribution in [2.75, 3.05) is 11.9 Å². The van der Waals surface area contributed by atoms with Crippen LogP contribution >= 0.6 is 15.9 Å². The fourth-order valence-electron chi connectivity index (χ4n) is 2.35. The molecule has 0 spiro atoms. The maximum atomic E-state index is 13.7. The molecular formula is C18H16BrFN2O2. The Hall–Kier alpha value is -2.18. The smallest absolute Gasteiger partial charge is 0.238 e. The Kier molecular flexibility index (Phi) is 4.97. The molecule has 1 atom stereocenters. The summed E-state index contributed by atoms with van der Waals surface area (Å²) >= 11 is 3.18. The highest BCUT2D eigenvalue weighted by Crippen LogP contribution is 2.23. The van der Waals surface area contributed by atoms with Gasteiger partial charge in [0, 0.05) is 9.86 Å². The summed E-state index contributed by atoms with van der Waals surface area (Å²) < 4.78 is 20.1. The van der Waals surface area contributed by atoms with E-state index in [1.807, 2.05) is 37.3 Å². The number of nitrogens with one attached hydrogen (secondary N) is 2. The number of carbonyl (C=O) groups excluding carboxylic acids is 1. The zero-order valence-electron chi connectivity index (χ0n) is 13.0. The van der Waals surface area contributed by atoms with Crippen LogP contribution in [0.2, 0.25) is 0 Å². The molecular weight excluding hydrogens is 375 g/mol. The van der Waals surface area contributed by atoms with Crippen LogP contribution in [0, 0.1) is 5.82 Å². The Bertz CT molecular complexity index is 845. The van der Waals surface area contributed by atoms with Gasteiger partial charge in [-0.25, -0.2) is 4.39 Å². The van der Waals surface area contributed by atoms with Gasteiger partial charge in [0.05, 0.1) is 18.3 Å². The van der Waals surface area contributed by atoms with Gasteiger partial charge < -0.3 is 9.73 Å². The second kappa shape index (κ2) is 7.15. The number of benzene rings is 2. The van der Waals surface area contributed by atoms with Gasteiger partial charge in [-0.3, -0.25) is 10.1 Å². The van der Waals surface area contributed by atoms with Crippen molar-refractivity contribution in [3.05, 3.63) is 64.6 Å². The zero-order chi connectivity index (χ0) is 17.1.